The Kier molecular flexibility index (Phi) is 5.54. The average molecular weight is 335 g/mol. The number of nitrogens with one attached hydrogen (secondary N) is 1. The number of aromatic nitrogens is 2. The first-order valence-electron chi connectivity index (χ1n) is 7.45. The molecule has 0 saturated carbocycles. The minimum absolute atomic E-state index is 0.00899. The summed E-state index contributed by atoms with van der Waals surface area (Å²) >= 11 is 0. The second kappa shape index (κ2) is 7.41. The molecule has 23 heavy (non-hydrogen) atoms. The Morgan fingerprint density at radius 3 is 2.61 bits per heavy atom. The lowest BCUT2D eigenvalue weighted by Gasteiger charge is -2.11. The van der Waals surface area contributed by atoms with Crippen LogP contribution in [0.4, 0.5) is 0 Å². The van der Waals surface area contributed by atoms with Gasteiger partial charge in [-0.1, -0.05) is 37.3 Å². The number of benzene rings is 1. The molecule has 1 N–H and O–H groups in total. The van der Waals surface area contributed by atoms with E-state index in [1.54, 1.807) is 7.05 Å². The molecule has 1 heterocycles. The molecule has 7 heteroatoms. The lowest BCUT2D eigenvalue weighted by atomic mass is 9.98. The van der Waals surface area contributed by atoms with Crippen molar-refractivity contribution in [2.75, 3.05) is 0 Å². The highest BCUT2D eigenvalue weighted by Crippen LogP contribution is 2.14. The second-order valence-corrected chi connectivity index (χ2v) is 7.39. The number of rotatable bonds is 7. The van der Waals surface area contributed by atoms with E-state index < -0.39 is 15.9 Å². The van der Waals surface area contributed by atoms with Gasteiger partial charge >= 0.3 is 0 Å². The van der Waals surface area contributed by atoms with E-state index >= 15 is 0 Å². The number of hydrogen-bond acceptors (Lipinski definition) is 4. The summed E-state index contributed by atoms with van der Waals surface area (Å²) in [5.74, 6) is -0.395. The van der Waals surface area contributed by atoms with Crippen LogP contribution in [0.25, 0.3) is 0 Å². The SMILES string of the molecule is C[C@@H](CCc1ccccc1)CC(=O)NS(=O)(=O)c1cnn(C)c1. The molecular formula is C16H21N3O3S. The summed E-state index contributed by atoms with van der Waals surface area (Å²) < 4.78 is 27.5. The summed E-state index contributed by atoms with van der Waals surface area (Å²) in [5.41, 5.74) is 1.21. The molecule has 2 rings (SSSR count). The van der Waals surface area contributed by atoms with Gasteiger partial charge in [0.15, 0.2) is 0 Å². The summed E-state index contributed by atoms with van der Waals surface area (Å²) in [5, 5.41) is 3.80. The molecule has 124 valence electrons. The molecular weight excluding hydrogens is 314 g/mol. The van der Waals surface area contributed by atoms with Gasteiger partial charge in [-0.3, -0.25) is 9.48 Å². The molecule has 0 aliphatic heterocycles. The highest BCUT2D eigenvalue weighted by molar-refractivity contribution is 7.90. The van der Waals surface area contributed by atoms with E-state index in [1.807, 2.05) is 37.3 Å². The van der Waals surface area contributed by atoms with Crippen LogP contribution in [0.5, 0.6) is 0 Å². The van der Waals surface area contributed by atoms with Crippen molar-refractivity contribution in [2.24, 2.45) is 13.0 Å². The molecule has 1 aromatic carbocycles. The Labute approximate surface area is 136 Å². The molecule has 6 nitrogen and oxygen atoms in total. The fourth-order valence-electron chi connectivity index (χ4n) is 2.26. The van der Waals surface area contributed by atoms with E-state index in [2.05, 4.69) is 9.82 Å². The monoisotopic (exact) mass is 335 g/mol. The van der Waals surface area contributed by atoms with Gasteiger partial charge in [0.05, 0.1) is 6.20 Å². The smallest absolute Gasteiger partial charge is 0.267 e. The second-order valence-electron chi connectivity index (χ2n) is 5.71. The van der Waals surface area contributed by atoms with Crippen LogP contribution in [0.3, 0.4) is 0 Å². The largest absolute Gasteiger partial charge is 0.274 e. The fourth-order valence-corrected chi connectivity index (χ4v) is 3.24. The Morgan fingerprint density at radius 1 is 1.30 bits per heavy atom. The number of hydrogen-bond donors (Lipinski definition) is 1. The number of sulfonamides is 1. The zero-order valence-electron chi connectivity index (χ0n) is 13.3. The van der Waals surface area contributed by atoms with Crippen LogP contribution in [-0.2, 0) is 28.3 Å². The molecule has 0 spiro atoms. The maximum Gasteiger partial charge on any atom is 0.267 e. The molecule has 0 fully saturated rings. The fraction of sp³-hybridized carbons (Fsp3) is 0.375. The van der Waals surface area contributed by atoms with Crippen molar-refractivity contribution in [3.8, 4) is 0 Å². The molecule has 0 aliphatic rings. The lowest BCUT2D eigenvalue weighted by Crippen LogP contribution is -2.31. The number of carbonyl (C=O) groups is 1. The summed E-state index contributed by atoms with van der Waals surface area (Å²) in [4.78, 5) is 11.9. The molecule has 0 radical (unpaired) electrons. The van der Waals surface area contributed by atoms with Gasteiger partial charge in [0.1, 0.15) is 4.90 Å². The van der Waals surface area contributed by atoms with Crippen molar-refractivity contribution >= 4 is 15.9 Å². The van der Waals surface area contributed by atoms with Crippen molar-refractivity contribution in [3.05, 3.63) is 48.3 Å². The normalized spacial score (nSPS) is 12.8. The third-order valence-corrected chi connectivity index (χ3v) is 4.87. The molecule has 1 amide bonds. The van der Waals surface area contributed by atoms with Gasteiger partial charge in [0, 0.05) is 19.7 Å². The first-order valence-corrected chi connectivity index (χ1v) is 8.93. The van der Waals surface area contributed by atoms with E-state index in [9.17, 15) is 13.2 Å². The maximum absolute atomic E-state index is 12.0. The van der Waals surface area contributed by atoms with Crippen molar-refractivity contribution < 1.29 is 13.2 Å². The van der Waals surface area contributed by atoms with Crippen LogP contribution in [-0.4, -0.2) is 24.1 Å². The van der Waals surface area contributed by atoms with Crippen LogP contribution in [0.2, 0.25) is 0 Å². The third kappa shape index (κ3) is 5.21. The topological polar surface area (TPSA) is 81.1 Å². The zero-order chi connectivity index (χ0) is 16.9. The average Bonchev–Trinajstić information content (AvgIpc) is 2.93. The highest BCUT2D eigenvalue weighted by Gasteiger charge is 2.20. The van der Waals surface area contributed by atoms with Crippen molar-refractivity contribution in [2.45, 2.75) is 31.1 Å². The number of carbonyl (C=O) groups excluding carboxylic acids is 1. The summed E-state index contributed by atoms with van der Waals surface area (Å²) in [6.45, 7) is 1.94. The van der Waals surface area contributed by atoms with E-state index in [1.165, 1.54) is 22.6 Å². The van der Waals surface area contributed by atoms with E-state index in [0.717, 1.165) is 12.8 Å². The summed E-state index contributed by atoms with van der Waals surface area (Å²) in [6.07, 6.45) is 4.43. The van der Waals surface area contributed by atoms with Gasteiger partial charge < -0.3 is 0 Å². The Balaban J connectivity index is 1.84. The predicted molar refractivity (Wildman–Crippen MR) is 87.1 cm³/mol. The van der Waals surface area contributed by atoms with Gasteiger partial charge in [0.2, 0.25) is 5.91 Å². The van der Waals surface area contributed by atoms with Crippen LogP contribution < -0.4 is 4.72 Å². The number of aryl methyl sites for hydroxylation is 2. The number of amides is 1. The molecule has 0 unspecified atom stereocenters. The van der Waals surface area contributed by atoms with Gasteiger partial charge in [-0.25, -0.2) is 13.1 Å². The van der Waals surface area contributed by atoms with Gasteiger partial charge in [-0.2, -0.15) is 5.10 Å². The van der Waals surface area contributed by atoms with Crippen LogP contribution in [0.1, 0.15) is 25.3 Å². The Hall–Kier alpha value is -2.15. The lowest BCUT2D eigenvalue weighted by molar-refractivity contribution is -0.120. The first-order chi connectivity index (χ1) is 10.9. The van der Waals surface area contributed by atoms with Gasteiger partial charge in [0.25, 0.3) is 10.0 Å². The predicted octanol–water partition coefficient (Wildman–Crippen LogP) is 1.88. The number of nitrogens with zero attached hydrogens (tertiary/aromatic N) is 2. The standard InChI is InChI=1S/C16H21N3O3S/c1-13(8-9-14-6-4-3-5-7-14)10-16(20)18-23(21,22)15-11-17-19(2)12-15/h3-7,11-13H,8-10H2,1-2H3,(H,18,20)/t13-/m0/s1. The zero-order valence-corrected chi connectivity index (χ0v) is 14.1. The molecule has 1 aromatic heterocycles. The minimum Gasteiger partial charge on any atom is -0.274 e. The third-order valence-electron chi connectivity index (χ3n) is 3.54. The maximum atomic E-state index is 12.0. The van der Waals surface area contributed by atoms with E-state index in [0.29, 0.717) is 0 Å². The van der Waals surface area contributed by atoms with Crippen LogP contribution >= 0.6 is 0 Å². The molecule has 2 aromatic rings. The van der Waals surface area contributed by atoms with Crippen LogP contribution in [0.15, 0.2) is 47.6 Å². The molecule has 0 bridgehead atoms. The minimum atomic E-state index is -3.83. The summed E-state index contributed by atoms with van der Waals surface area (Å²) in [6, 6.07) is 10.0. The summed E-state index contributed by atoms with van der Waals surface area (Å²) in [7, 11) is -2.22. The Morgan fingerprint density at radius 2 is 2.00 bits per heavy atom. The van der Waals surface area contributed by atoms with Gasteiger partial charge in [-0.15, -0.1) is 0 Å². The van der Waals surface area contributed by atoms with Crippen LogP contribution in [0, 0.1) is 5.92 Å². The Bertz CT molecular complexity index is 754. The van der Waals surface area contributed by atoms with Crippen molar-refractivity contribution in [3.63, 3.8) is 0 Å². The molecule has 0 saturated heterocycles. The van der Waals surface area contributed by atoms with E-state index in [4.69, 9.17) is 0 Å². The quantitative estimate of drug-likeness (QED) is 0.838. The highest BCUT2D eigenvalue weighted by atomic mass is 32.2. The van der Waals surface area contributed by atoms with Gasteiger partial charge in [-0.05, 0) is 24.3 Å². The van der Waals surface area contributed by atoms with E-state index in [-0.39, 0.29) is 17.2 Å². The van der Waals surface area contributed by atoms with Crippen molar-refractivity contribution in [1.29, 1.82) is 0 Å². The molecule has 0 aliphatic carbocycles. The van der Waals surface area contributed by atoms with Crippen molar-refractivity contribution in [1.82, 2.24) is 14.5 Å². The molecule has 1 atom stereocenters. The first kappa shape index (κ1) is 17.2.